The van der Waals surface area contributed by atoms with E-state index in [0.717, 1.165) is 37.0 Å². The summed E-state index contributed by atoms with van der Waals surface area (Å²) in [7, 11) is 1.59. The Morgan fingerprint density at radius 2 is 1.82 bits per heavy atom. The van der Waals surface area contributed by atoms with Gasteiger partial charge in [-0.25, -0.2) is 0 Å². The van der Waals surface area contributed by atoms with Crippen molar-refractivity contribution in [3.05, 3.63) is 65.2 Å². The maximum atomic E-state index is 13.3. The minimum Gasteiger partial charge on any atom is -0.497 e. The minimum absolute atomic E-state index is 0.0124. The van der Waals surface area contributed by atoms with E-state index in [9.17, 15) is 18.0 Å². The standard InChI is InChI=1S/C25H29F3N2O3/c1-32-22-7-5-18(6-8-22)13-24(31)30-16-20(15-29-9-11-33-12-10-29)23(17-30)19-3-2-4-21(14-19)25(26,27)28/h2-8,14,20,23H,9-13,15-17H2,1H3/t20-,23-/m0/s1. The Balaban J connectivity index is 1.52. The smallest absolute Gasteiger partial charge is 0.416 e. The van der Waals surface area contributed by atoms with Gasteiger partial charge in [0.25, 0.3) is 0 Å². The number of likely N-dealkylation sites (tertiary alicyclic amines) is 1. The molecule has 0 aliphatic carbocycles. The fraction of sp³-hybridized carbons (Fsp3) is 0.480. The number of carbonyl (C=O) groups is 1. The van der Waals surface area contributed by atoms with E-state index < -0.39 is 11.7 Å². The number of rotatable bonds is 6. The third-order valence-corrected chi connectivity index (χ3v) is 6.55. The van der Waals surface area contributed by atoms with E-state index in [1.807, 2.05) is 24.3 Å². The lowest BCUT2D eigenvalue weighted by atomic mass is 9.87. The Morgan fingerprint density at radius 1 is 1.09 bits per heavy atom. The number of nitrogens with zero attached hydrogens (tertiary/aromatic N) is 2. The Bertz CT molecular complexity index is 943. The van der Waals surface area contributed by atoms with Crippen LogP contribution in [0.5, 0.6) is 5.75 Å². The number of methoxy groups -OCH3 is 1. The van der Waals surface area contributed by atoms with Gasteiger partial charge < -0.3 is 14.4 Å². The van der Waals surface area contributed by atoms with E-state index in [4.69, 9.17) is 9.47 Å². The second-order valence-electron chi connectivity index (χ2n) is 8.73. The SMILES string of the molecule is COc1ccc(CC(=O)N2C[C@H](CN3CCOCC3)[C@H](c3cccc(C(F)(F)F)c3)C2)cc1. The molecule has 0 spiro atoms. The highest BCUT2D eigenvalue weighted by Gasteiger charge is 2.38. The molecule has 0 unspecified atom stereocenters. The molecule has 2 aromatic rings. The second-order valence-corrected chi connectivity index (χ2v) is 8.73. The highest BCUT2D eigenvalue weighted by Crippen LogP contribution is 2.37. The van der Waals surface area contributed by atoms with Crippen LogP contribution in [0.4, 0.5) is 13.2 Å². The molecule has 2 aliphatic heterocycles. The van der Waals surface area contributed by atoms with E-state index in [2.05, 4.69) is 4.90 Å². The van der Waals surface area contributed by atoms with Crippen molar-refractivity contribution in [1.82, 2.24) is 9.80 Å². The predicted molar refractivity (Wildman–Crippen MR) is 118 cm³/mol. The van der Waals surface area contributed by atoms with Gasteiger partial charge in [0.15, 0.2) is 0 Å². The fourth-order valence-electron chi connectivity index (χ4n) is 4.73. The van der Waals surface area contributed by atoms with Crippen molar-refractivity contribution in [2.75, 3.05) is 53.0 Å². The van der Waals surface area contributed by atoms with Crippen molar-refractivity contribution in [3.8, 4) is 5.75 Å². The van der Waals surface area contributed by atoms with Crippen LogP contribution in [0, 0.1) is 5.92 Å². The quantitative estimate of drug-likeness (QED) is 0.655. The molecule has 1 amide bonds. The van der Waals surface area contributed by atoms with Crippen molar-refractivity contribution in [1.29, 1.82) is 0 Å². The molecule has 2 heterocycles. The summed E-state index contributed by atoms with van der Waals surface area (Å²) < 4.78 is 50.6. The zero-order valence-electron chi connectivity index (χ0n) is 18.7. The van der Waals surface area contributed by atoms with E-state index in [1.165, 1.54) is 12.1 Å². The van der Waals surface area contributed by atoms with Crippen LogP contribution in [0.1, 0.15) is 22.6 Å². The average Bonchev–Trinajstić information content (AvgIpc) is 3.24. The van der Waals surface area contributed by atoms with Gasteiger partial charge in [0, 0.05) is 38.6 Å². The lowest BCUT2D eigenvalue weighted by Gasteiger charge is -2.31. The number of alkyl halides is 3. The molecule has 2 fully saturated rings. The second kappa shape index (κ2) is 10.1. The Morgan fingerprint density at radius 3 is 2.48 bits per heavy atom. The van der Waals surface area contributed by atoms with E-state index in [1.54, 1.807) is 18.1 Å². The number of carbonyl (C=O) groups excluding carboxylic acids is 1. The number of halogens is 3. The molecule has 178 valence electrons. The van der Waals surface area contributed by atoms with Gasteiger partial charge in [-0.1, -0.05) is 30.3 Å². The Hall–Kier alpha value is -2.58. The van der Waals surface area contributed by atoms with Crippen molar-refractivity contribution >= 4 is 5.91 Å². The van der Waals surface area contributed by atoms with Gasteiger partial charge >= 0.3 is 6.18 Å². The van der Waals surface area contributed by atoms with Crippen LogP contribution in [0.3, 0.4) is 0 Å². The lowest BCUT2D eigenvalue weighted by molar-refractivity contribution is -0.137. The molecule has 4 rings (SSSR count). The van der Waals surface area contributed by atoms with Crippen LogP contribution in [0.25, 0.3) is 0 Å². The molecular weight excluding hydrogens is 433 g/mol. The van der Waals surface area contributed by atoms with Crippen LogP contribution < -0.4 is 4.74 Å². The zero-order chi connectivity index (χ0) is 23.4. The molecule has 2 atom stereocenters. The molecule has 0 radical (unpaired) electrons. The van der Waals surface area contributed by atoms with Gasteiger partial charge in [-0.3, -0.25) is 9.69 Å². The first-order valence-electron chi connectivity index (χ1n) is 11.2. The number of benzene rings is 2. The van der Waals surface area contributed by atoms with E-state index >= 15 is 0 Å². The summed E-state index contributed by atoms with van der Waals surface area (Å²) in [5.41, 5.74) is 0.879. The predicted octanol–water partition coefficient (Wildman–Crippen LogP) is 3.83. The highest BCUT2D eigenvalue weighted by atomic mass is 19.4. The van der Waals surface area contributed by atoms with Gasteiger partial charge in [-0.2, -0.15) is 13.2 Å². The van der Waals surface area contributed by atoms with Crippen molar-refractivity contribution in [2.45, 2.75) is 18.5 Å². The first kappa shape index (κ1) is 23.6. The Kier molecular flexibility index (Phi) is 7.24. The van der Waals surface area contributed by atoms with Gasteiger partial charge in [0.1, 0.15) is 5.75 Å². The van der Waals surface area contributed by atoms with Gasteiger partial charge in [-0.15, -0.1) is 0 Å². The summed E-state index contributed by atoms with van der Waals surface area (Å²) in [6, 6.07) is 12.9. The third kappa shape index (κ3) is 5.86. The summed E-state index contributed by atoms with van der Waals surface area (Å²) in [6.07, 6.45) is -4.14. The van der Waals surface area contributed by atoms with Crippen molar-refractivity contribution < 1.29 is 27.4 Å². The van der Waals surface area contributed by atoms with E-state index in [-0.39, 0.29) is 24.2 Å². The minimum atomic E-state index is -4.39. The molecule has 2 aromatic carbocycles. The van der Waals surface area contributed by atoms with Gasteiger partial charge in [0.2, 0.25) is 5.91 Å². The molecule has 0 aromatic heterocycles. The van der Waals surface area contributed by atoms with Gasteiger partial charge in [0.05, 0.1) is 32.3 Å². The van der Waals surface area contributed by atoms with Crippen LogP contribution in [0.15, 0.2) is 48.5 Å². The monoisotopic (exact) mass is 462 g/mol. The fourth-order valence-corrected chi connectivity index (χ4v) is 4.73. The summed E-state index contributed by atoms with van der Waals surface area (Å²) in [6.45, 7) is 4.59. The molecule has 0 bridgehead atoms. The van der Waals surface area contributed by atoms with E-state index in [0.29, 0.717) is 31.9 Å². The summed E-state index contributed by atoms with van der Waals surface area (Å²) in [5.74, 6) is 0.630. The molecule has 5 nitrogen and oxygen atoms in total. The lowest BCUT2D eigenvalue weighted by Crippen LogP contribution is -2.41. The topological polar surface area (TPSA) is 42.0 Å². The Labute approximate surface area is 192 Å². The zero-order valence-corrected chi connectivity index (χ0v) is 18.7. The summed E-state index contributed by atoms with van der Waals surface area (Å²) >= 11 is 0. The highest BCUT2D eigenvalue weighted by molar-refractivity contribution is 5.79. The number of amides is 1. The molecule has 2 aliphatic rings. The molecule has 8 heteroatoms. The molecule has 0 saturated carbocycles. The largest absolute Gasteiger partial charge is 0.497 e. The maximum absolute atomic E-state index is 13.3. The number of ether oxygens (including phenoxy) is 2. The van der Waals surface area contributed by atoms with Crippen LogP contribution in [0.2, 0.25) is 0 Å². The van der Waals surface area contributed by atoms with Gasteiger partial charge in [-0.05, 0) is 35.2 Å². The van der Waals surface area contributed by atoms with Crippen LogP contribution >= 0.6 is 0 Å². The number of hydrogen-bond donors (Lipinski definition) is 0. The van der Waals surface area contributed by atoms with Crippen molar-refractivity contribution in [3.63, 3.8) is 0 Å². The van der Waals surface area contributed by atoms with Crippen LogP contribution in [-0.2, 0) is 22.1 Å². The molecule has 0 N–H and O–H groups in total. The average molecular weight is 463 g/mol. The summed E-state index contributed by atoms with van der Waals surface area (Å²) in [5, 5.41) is 0. The summed E-state index contributed by atoms with van der Waals surface area (Å²) in [4.78, 5) is 17.2. The number of hydrogen-bond acceptors (Lipinski definition) is 4. The van der Waals surface area contributed by atoms with Crippen molar-refractivity contribution in [2.24, 2.45) is 5.92 Å². The van der Waals surface area contributed by atoms with Crippen LogP contribution in [-0.4, -0.2) is 68.8 Å². The first-order chi connectivity index (χ1) is 15.8. The number of morpholine rings is 1. The first-order valence-corrected chi connectivity index (χ1v) is 11.2. The normalized spacial score (nSPS) is 21.9. The maximum Gasteiger partial charge on any atom is 0.416 e. The third-order valence-electron chi connectivity index (χ3n) is 6.55. The molecule has 33 heavy (non-hydrogen) atoms. The molecule has 2 saturated heterocycles. The molecular formula is C25H29F3N2O3.